The molecule has 6 heteroatoms. The molecular weight excluding hydrogens is 284 g/mol. The lowest BCUT2D eigenvalue weighted by Gasteiger charge is -2.17. The van der Waals surface area contributed by atoms with E-state index in [1.54, 1.807) is 10.9 Å². The lowest BCUT2D eigenvalue weighted by molar-refractivity contribution is -0.0508. The first-order chi connectivity index (χ1) is 10.7. The molecular formula is C16H16N2O4. The average Bonchev–Trinajstić information content (AvgIpc) is 3.07. The van der Waals surface area contributed by atoms with Gasteiger partial charge in [0.1, 0.15) is 18.3 Å². The molecule has 4 rings (SSSR count). The highest BCUT2D eigenvalue weighted by atomic mass is 16.6. The van der Waals surface area contributed by atoms with E-state index in [1.165, 1.54) is 0 Å². The van der Waals surface area contributed by atoms with Crippen molar-refractivity contribution in [2.24, 2.45) is 0 Å². The third-order valence-electron chi connectivity index (χ3n) is 4.23. The van der Waals surface area contributed by atoms with Crippen molar-refractivity contribution in [2.45, 2.75) is 24.5 Å². The van der Waals surface area contributed by atoms with Crippen molar-refractivity contribution in [3.05, 3.63) is 42.7 Å². The minimum Gasteiger partial charge on any atom is -0.394 e. The highest BCUT2D eigenvalue weighted by Crippen LogP contribution is 2.32. The van der Waals surface area contributed by atoms with Crippen LogP contribution in [0.15, 0.2) is 42.7 Å². The van der Waals surface area contributed by atoms with Crippen LogP contribution in [0.4, 0.5) is 0 Å². The maximum absolute atomic E-state index is 10.2. The van der Waals surface area contributed by atoms with Crippen molar-refractivity contribution in [3.63, 3.8) is 0 Å². The second-order valence-electron chi connectivity index (χ2n) is 5.57. The Labute approximate surface area is 126 Å². The molecule has 0 aliphatic carbocycles. The average molecular weight is 300 g/mol. The van der Waals surface area contributed by atoms with Crippen molar-refractivity contribution in [3.8, 4) is 0 Å². The van der Waals surface area contributed by atoms with Gasteiger partial charge >= 0.3 is 0 Å². The Kier molecular flexibility index (Phi) is 3.12. The van der Waals surface area contributed by atoms with Crippen LogP contribution in [0.1, 0.15) is 6.23 Å². The summed E-state index contributed by atoms with van der Waals surface area (Å²) in [4.78, 5) is 4.35. The molecule has 1 aliphatic rings. The van der Waals surface area contributed by atoms with E-state index in [-0.39, 0.29) is 6.61 Å². The minimum atomic E-state index is -1.12. The zero-order valence-corrected chi connectivity index (χ0v) is 11.7. The Bertz CT molecular complexity index is 831. The molecule has 1 aliphatic heterocycles. The molecule has 6 nitrogen and oxygen atoms in total. The van der Waals surface area contributed by atoms with Gasteiger partial charge in [-0.3, -0.25) is 0 Å². The van der Waals surface area contributed by atoms with Crippen LogP contribution in [0.2, 0.25) is 0 Å². The van der Waals surface area contributed by atoms with Crippen LogP contribution in [-0.4, -0.2) is 49.8 Å². The molecule has 3 aromatic rings. The summed E-state index contributed by atoms with van der Waals surface area (Å²) in [5.41, 5.74) is 1.60. The highest BCUT2D eigenvalue weighted by Gasteiger charge is 2.43. The van der Waals surface area contributed by atoms with Gasteiger partial charge in [0.25, 0.3) is 0 Å². The van der Waals surface area contributed by atoms with Gasteiger partial charge in [-0.2, -0.15) is 0 Å². The van der Waals surface area contributed by atoms with Crippen LogP contribution in [0.5, 0.6) is 0 Å². The van der Waals surface area contributed by atoms with E-state index in [4.69, 9.17) is 4.74 Å². The number of hydrogen-bond donors (Lipinski definition) is 3. The van der Waals surface area contributed by atoms with Gasteiger partial charge < -0.3 is 24.6 Å². The zero-order chi connectivity index (χ0) is 15.3. The van der Waals surface area contributed by atoms with Crippen molar-refractivity contribution in [1.29, 1.82) is 0 Å². The van der Waals surface area contributed by atoms with Crippen LogP contribution in [0.3, 0.4) is 0 Å². The maximum Gasteiger partial charge on any atom is 0.164 e. The molecule has 0 spiro atoms. The van der Waals surface area contributed by atoms with Crippen molar-refractivity contribution in [2.75, 3.05) is 6.61 Å². The maximum atomic E-state index is 10.2. The van der Waals surface area contributed by atoms with Crippen molar-refractivity contribution in [1.82, 2.24) is 9.55 Å². The molecule has 2 heterocycles. The molecule has 2 aromatic carbocycles. The first-order valence-corrected chi connectivity index (χ1v) is 7.17. The van der Waals surface area contributed by atoms with Crippen LogP contribution in [0.25, 0.3) is 21.8 Å². The number of ether oxygens (including phenoxy) is 1. The quantitative estimate of drug-likeness (QED) is 0.651. The number of imidazole rings is 1. The summed E-state index contributed by atoms with van der Waals surface area (Å²) in [7, 11) is 0. The summed E-state index contributed by atoms with van der Waals surface area (Å²) in [6, 6.07) is 11.9. The number of aliphatic hydroxyl groups is 3. The van der Waals surface area contributed by atoms with Crippen molar-refractivity contribution >= 4 is 21.8 Å². The third kappa shape index (κ3) is 1.93. The Morgan fingerprint density at radius 1 is 1.09 bits per heavy atom. The normalized spacial score (nSPS) is 28.7. The van der Waals surface area contributed by atoms with E-state index in [2.05, 4.69) is 4.98 Å². The Balaban J connectivity index is 1.84. The van der Waals surface area contributed by atoms with Gasteiger partial charge in [0.15, 0.2) is 6.23 Å². The van der Waals surface area contributed by atoms with E-state index >= 15 is 0 Å². The first kappa shape index (κ1) is 13.7. The van der Waals surface area contributed by atoms with Crippen LogP contribution in [0, 0.1) is 0 Å². The number of benzene rings is 2. The highest BCUT2D eigenvalue weighted by molar-refractivity contribution is 5.95. The molecule has 1 aromatic heterocycles. The number of aliphatic hydroxyl groups excluding tert-OH is 3. The van der Waals surface area contributed by atoms with Crippen LogP contribution in [-0.2, 0) is 4.74 Å². The fourth-order valence-corrected chi connectivity index (χ4v) is 3.03. The van der Waals surface area contributed by atoms with E-state index in [9.17, 15) is 15.3 Å². The summed E-state index contributed by atoms with van der Waals surface area (Å²) in [5, 5.41) is 31.4. The van der Waals surface area contributed by atoms with Crippen molar-refractivity contribution < 1.29 is 20.1 Å². The van der Waals surface area contributed by atoms with E-state index in [0.717, 1.165) is 21.8 Å². The van der Waals surface area contributed by atoms with E-state index in [1.807, 2.05) is 36.4 Å². The lowest BCUT2D eigenvalue weighted by Crippen LogP contribution is -2.33. The molecule has 3 N–H and O–H groups in total. The molecule has 0 radical (unpaired) electrons. The standard InChI is InChI=1S/C16H16N2O4/c19-7-13-14(20)15(21)16(22-13)18-8-17-11-5-9-3-1-2-4-10(9)6-12(11)18/h1-6,8,13-16,19-21H,7H2. The lowest BCUT2D eigenvalue weighted by atomic mass is 10.1. The molecule has 0 saturated carbocycles. The predicted octanol–water partition coefficient (Wildman–Crippen LogP) is 0.801. The van der Waals surface area contributed by atoms with Gasteiger partial charge in [0.05, 0.1) is 24.0 Å². The topological polar surface area (TPSA) is 87.7 Å². The Morgan fingerprint density at radius 3 is 2.50 bits per heavy atom. The summed E-state index contributed by atoms with van der Waals surface area (Å²) in [6.45, 7) is -0.343. The second kappa shape index (κ2) is 5.03. The van der Waals surface area contributed by atoms with Gasteiger partial charge in [-0.15, -0.1) is 0 Å². The first-order valence-electron chi connectivity index (χ1n) is 7.17. The summed E-state index contributed by atoms with van der Waals surface area (Å²) in [6.07, 6.45) is -2.20. The fourth-order valence-electron chi connectivity index (χ4n) is 3.03. The number of nitrogens with zero attached hydrogens (tertiary/aromatic N) is 2. The van der Waals surface area contributed by atoms with Gasteiger partial charge in [-0.25, -0.2) is 4.98 Å². The van der Waals surface area contributed by atoms with Gasteiger partial charge in [0.2, 0.25) is 0 Å². The number of fused-ring (bicyclic) bond motifs is 2. The Morgan fingerprint density at radius 2 is 1.82 bits per heavy atom. The molecule has 22 heavy (non-hydrogen) atoms. The van der Waals surface area contributed by atoms with Gasteiger partial charge in [0, 0.05) is 0 Å². The monoisotopic (exact) mass is 300 g/mol. The largest absolute Gasteiger partial charge is 0.394 e. The number of aromatic nitrogens is 2. The molecule has 0 amide bonds. The Hall–Kier alpha value is -1.99. The SMILES string of the molecule is OCC1OC(n2cnc3cc4ccccc4cc32)C(O)C1O. The molecule has 0 bridgehead atoms. The fraction of sp³-hybridized carbons (Fsp3) is 0.312. The van der Waals surface area contributed by atoms with Crippen LogP contribution < -0.4 is 0 Å². The molecule has 4 unspecified atom stereocenters. The second-order valence-corrected chi connectivity index (χ2v) is 5.57. The smallest absolute Gasteiger partial charge is 0.164 e. The third-order valence-corrected chi connectivity index (χ3v) is 4.23. The molecule has 1 saturated heterocycles. The summed E-state index contributed by atoms with van der Waals surface area (Å²) >= 11 is 0. The summed E-state index contributed by atoms with van der Waals surface area (Å²) in [5.74, 6) is 0. The molecule has 114 valence electrons. The summed E-state index contributed by atoms with van der Waals surface area (Å²) < 4.78 is 7.27. The van der Waals surface area contributed by atoms with Crippen LogP contribution >= 0.6 is 0 Å². The zero-order valence-electron chi connectivity index (χ0n) is 11.7. The molecule has 1 fully saturated rings. The number of rotatable bonds is 2. The predicted molar refractivity (Wildman–Crippen MR) is 80.2 cm³/mol. The van der Waals surface area contributed by atoms with Gasteiger partial charge in [-0.05, 0) is 22.9 Å². The van der Waals surface area contributed by atoms with Gasteiger partial charge in [-0.1, -0.05) is 24.3 Å². The minimum absolute atomic E-state index is 0.343. The molecule has 4 atom stereocenters. The van der Waals surface area contributed by atoms with E-state index < -0.39 is 24.5 Å². The number of hydrogen-bond acceptors (Lipinski definition) is 5. The van der Waals surface area contributed by atoms with E-state index in [0.29, 0.717) is 0 Å².